The van der Waals surface area contributed by atoms with E-state index in [9.17, 15) is 14.7 Å². The molecule has 0 aromatic heterocycles. The summed E-state index contributed by atoms with van der Waals surface area (Å²) in [4.78, 5) is 26.4. The minimum absolute atomic E-state index is 0.0238. The Labute approximate surface area is 184 Å². The molecule has 0 spiro atoms. The third-order valence-electron chi connectivity index (χ3n) is 8.03. The van der Waals surface area contributed by atoms with Crippen LogP contribution in [0, 0.1) is 5.92 Å². The highest BCUT2D eigenvalue weighted by Crippen LogP contribution is 2.48. The fraction of sp³-hybridized carbons (Fsp3) is 0.909. The zero-order valence-electron chi connectivity index (χ0n) is 20.8. The van der Waals surface area contributed by atoms with E-state index in [1.54, 1.807) is 0 Å². The predicted molar refractivity (Wildman–Crippen MR) is 124 cm³/mol. The number of carbonyl (C=O) groups is 2. The highest BCUT2D eigenvalue weighted by molar-refractivity contribution is 6.80. The molecule has 1 N–H and O–H groups in total. The minimum Gasteiger partial charge on any atom is -0.413 e. The molecule has 5 atom stereocenters. The first-order chi connectivity index (χ1) is 13.3. The van der Waals surface area contributed by atoms with Crippen LogP contribution >= 0.6 is 0 Å². The van der Waals surface area contributed by atoms with E-state index in [4.69, 9.17) is 9.16 Å². The van der Waals surface area contributed by atoms with Gasteiger partial charge in [-0.2, -0.15) is 0 Å². The number of hydrogen-bond acceptors (Lipinski definition) is 5. The Kier molecular flexibility index (Phi) is 6.94. The number of aliphatic hydroxyl groups is 1. The summed E-state index contributed by atoms with van der Waals surface area (Å²) >= 11 is 0. The molecule has 0 aliphatic carbocycles. The second-order valence-corrected chi connectivity index (χ2v) is 22.0. The van der Waals surface area contributed by atoms with Crippen molar-refractivity contribution in [2.24, 2.45) is 5.92 Å². The molecule has 2 heterocycles. The number of ether oxygens (including phenoxy) is 1. The highest BCUT2D eigenvalue weighted by atomic mass is 28.4. The number of amides is 1. The third kappa shape index (κ3) is 4.35. The average Bonchev–Trinajstić information content (AvgIpc) is 2.52. The number of rotatable bonds is 5. The standard InChI is InChI=1S/C22H43NO5Si2/c1-14(28-30(10,11)22(5,6)7)16-17(19-18(25)15(24)12-13-27-19)23(20(16)26)29(8,9)21(2,3)4/h14-17,19,24H,12-13H2,1-11H3/t14-,15+,16-,17+,19-/m1/s1. The Hall–Kier alpha value is -0.546. The van der Waals surface area contributed by atoms with Gasteiger partial charge in [-0.3, -0.25) is 9.59 Å². The van der Waals surface area contributed by atoms with Gasteiger partial charge in [0.05, 0.1) is 24.7 Å². The molecule has 0 radical (unpaired) electrons. The molecule has 2 aliphatic heterocycles. The minimum atomic E-state index is -2.24. The molecular formula is C22H43NO5Si2. The lowest BCUT2D eigenvalue weighted by Crippen LogP contribution is -2.79. The molecule has 0 saturated carbocycles. The van der Waals surface area contributed by atoms with E-state index in [2.05, 4.69) is 67.7 Å². The van der Waals surface area contributed by atoms with Crippen LogP contribution in [0.15, 0.2) is 0 Å². The first kappa shape index (κ1) is 25.7. The zero-order valence-corrected chi connectivity index (χ0v) is 22.8. The lowest BCUT2D eigenvalue weighted by atomic mass is 9.79. The Morgan fingerprint density at radius 3 is 2.07 bits per heavy atom. The SMILES string of the molecule is C[C@@H](O[Si](C)(C)C(C)(C)C)[C@H]1C(=O)N([Si](C)(C)C(C)(C)C)[C@@H]1[C@H]1OCC[C@H](O)C1=O. The summed E-state index contributed by atoms with van der Waals surface area (Å²) in [5, 5.41) is 10.2. The van der Waals surface area contributed by atoms with E-state index < -0.39 is 34.7 Å². The summed E-state index contributed by atoms with van der Waals surface area (Å²) in [6.07, 6.45) is -1.79. The molecule has 2 aliphatic rings. The van der Waals surface area contributed by atoms with Crippen molar-refractivity contribution >= 4 is 28.2 Å². The molecule has 0 aromatic rings. The second kappa shape index (κ2) is 8.10. The topological polar surface area (TPSA) is 76.1 Å². The van der Waals surface area contributed by atoms with Crippen LogP contribution in [-0.2, 0) is 18.8 Å². The average molecular weight is 458 g/mol. The normalized spacial score (nSPS) is 30.3. The third-order valence-corrected chi connectivity index (χ3v) is 18.0. The second-order valence-electron chi connectivity index (χ2n) is 12.1. The van der Waals surface area contributed by atoms with E-state index in [0.717, 1.165) is 0 Å². The van der Waals surface area contributed by atoms with Crippen molar-refractivity contribution in [3.63, 3.8) is 0 Å². The monoisotopic (exact) mass is 457 g/mol. The van der Waals surface area contributed by atoms with Gasteiger partial charge in [-0.15, -0.1) is 0 Å². The van der Waals surface area contributed by atoms with Crippen molar-refractivity contribution in [2.75, 3.05) is 6.61 Å². The van der Waals surface area contributed by atoms with Gasteiger partial charge in [-0.25, -0.2) is 0 Å². The Morgan fingerprint density at radius 2 is 1.60 bits per heavy atom. The van der Waals surface area contributed by atoms with Crippen LogP contribution in [0.2, 0.25) is 36.3 Å². The Morgan fingerprint density at radius 1 is 1.07 bits per heavy atom. The summed E-state index contributed by atoms with van der Waals surface area (Å²) in [5.41, 5.74) is 0. The lowest BCUT2D eigenvalue weighted by molar-refractivity contribution is -0.177. The van der Waals surface area contributed by atoms with Crippen LogP contribution in [0.1, 0.15) is 54.9 Å². The van der Waals surface area contributed by atoms with Gasteiger partial charge in [0.15, 0.2) is 22.3 Å². The van der Waals surface area contributed by atoms with Crippen molar-refractivity contribution < 1.29 is 23.9 Å². The van der Waals surface area contributed by atoms with Gasteiger partial charge >= 0.3 is 0 Å². The van der Waals surface area contributed by atoms with Gasteiger partial charge in [0.2, 0.25) is 5.91 Å². The van der Waals surface area contributed by atoms with Crippen LogP contribution in [0.3, 0.4) is 0 Å². The summed E-state index contributed by atoms with van der Waals surface area (Å²) in [6.45, 7) is 24.0. The van der Waals surface area contributed by atoms with Gasteiger partial charge in [-0.05, 0) is 30.1 Å². The Bertz CT molecular complexity index is 680. The van der Waals surface area contributed by atoms with Gasteiger partial charge in [0, 0.05) is 6.42 Å². The van der Waals surface area contributed by atoms with E-state index in [-0.39, 0.29) is 33.9 Å². The van der Waals surface area contributed by atoms with Gasteiger partial charge < -0.3 is 18.8 Å². The largest absolute Gasteiger partial charge is 0.413 e. The van der Waals surface area contributed by atoms with Crippen LogP contribution in [0.5, 0.6) is 0 Å². The van der Waals surface area contributed by atoms with Crippen molar-refractivity contribution in [1.82, 2.24) is 4.57 Å². The molecular weight excluding hydrogens is 414 g/mol. The van der Waals surface area contributed by atoms with E-state index in [1.807, 2.05) is 11.5 Å². The van der Waals surface area contributed by atoms with E-state index in [0.29, 0.717) is 13.0 Å². The maximum Gasteiger partial charge on any atom is 0.222 e. The first-order valence-corrected chi connectivity index (χ1v) is 17.0. The number of Topliss-reactive ketones (excluding diaryl/α,β-unsaturated/α-hetero) is 1. The number of nitrogens with zero attached hydrogens (tertiary/aromatic N) is 1. The summed E-state index contributed by atoms with van der Waals surface area (Å²) in [7, 11) is -4.33. The molecule has 2 saturated heterocycles. The van der Waals surface area contributed by atoms with Crippen LogP contribution in [0.25, 0.3) is 0 Å². The summed E-state index contributed by atoms with van der Waals surface area (Å²) < 4.78 is 14.4. The molecule has 174 valence electrons. The fourth-order valence-corrected chi connectivity index (χ4v) is 7.94. The van der Waals surface area contributed by atoms with E-state index in [1.165, 1.54) is 0 Å². The summed E-state index contributed by atoms with van der Waals surface area (Å²) in [6, 6.07) is -0.374. The molecule has 0 unspecified atom stereocenters. The van der Waals surface area contributed by atoms with Gasteiger partial charge in [0.1, 0.15) is 12.2 Å². The van der Waals surface area contributed by atoms with Crippen LogP contribution in [-0.4, -0.2) is 68.9 Å². The number of ketones is 1. The van der Waals surface area contributed by atoms with Gasteiger partial charge in [0.25, 0.3) is 0 Å². The highest BCUT2D eigenvalue weighted by Gasteiger charge is 2.63. The molecule has 2 rings (SSSR count). The number of β-lactam (4-membered cyclic amide) rings is 1. The van der Waals surface area contributed by atoms with Crippen LogP contribution in [0.4, 0.5) is 0 Å². The molecule has 30 heavy (non-hydrogen) atoms. The molecule has 2 fully saturated rings. The van der Waals surface area contributed by atoms with Crippen molar-refractivity contribution in [1.29, 1.82) is 0 Å². The zero-order chi connectivity index (χ0) is 23.4. The van der Waals surface area contributed by atoms with Crippen molar-refractivity contribution in [3.8, 4) is 0 Å². The van der Waals surface area contributed by atoms with Crippen molar-refractivity contribution in [3.05, 3.63) is 0 Å². The van der Waals surface area contributed by atoms with E-state index >= 15 is 0 Å². The molecule has 1 amide bonds. The van der Waals surface area contributed by atoms with Crippen molar-refractivity contribution in [2.45, 2.75) is 116 Å². The maximum absolute atomic E-state index is 13.5. The fourth-order valence-electron chi connectivity index (χ4n) is 4.05. The first-order valence-electron chi connectivity index (χ1n) is 11.2. The molecule has 0 aromatic carbocycles. The van der Waals surface area contributed by atoms with Gasteiger partial charge in [-0.1, -0.05) is 54.6 Å². The lowest BCUT2D eigenvalue weighted by Gasteiger charge is -2.61. The smallest absolute Gasteiger partial charge is 0.222 e. The molecule has 0 bridgehead atoms. The number of aliphatic hydroxyl groups excluding tert-OH is 1. The maximum atomic E-state index is 13.5. The number of hydrogen-bond donors (Lipinski definition) is 1. The predicted octanol–water partition coefficient (Wildman–Crippen LogP) is 3.95. The summed E-state index contributed by atoms with van der Waals surface area (Å²) in [5.74, 6) is -0.659. The quantitative estimate of drug-likeness (QED) is 0.500. The molecule has 8 heteroatoms. The Balaban J connectivity index is 2.42. The van der Waals surface area contributed by atoms with Crippen LogP contribution < -0.4 is 0 Å². The number of carbonyl (C=O) groups excluding carboxylic acids is 2. The molecule has 6 nitrogen and oxygen atoms in total.